The SMILES string of the molecule is CC(CO)NCc1cc(Br)cc2c1OCC2. The van der Waals surface area contributed by atoms with Gasteiger partial charge >= 0.3 is 0 Å². The monoisotopic (exact) mass is 285 g/mol. The molecule has 1 aromatic carbocycles. The Morgan fingerprint density at radius 2 is 2.38 bits per heavy atom. The van der Waals surface area contributed by atoms with E-state index in [-0.39, 0.29) is 12.6 Å². The summed E-state index contributed by atoms with van der Waals surface area (Å²) in [6.45, 7) is 3.61. The molecule has 1 aliphatic heterocycles. The summed E-state index contributed by atoms with van der Waals surface area (Å²) in [5, 5.41) is 12.2. The minimum Gasteiger partial charge on any atom is -0.493 e. The molecule has 16 heavy (non-hydrogen) atoms. The molecule has 0 amide bonds. The summed E-state index contributed by atoms with van der Waals surface area (Å²) in [5.41, 5.74) is 2.42. The van der Waals surface area contributed by atoms with Crippen molar-refractivity contribution in [2.24, 2.45) is 0 Å². The van der Waals surface area contributed by atoms with Gasteiger partial charge in [0.05, 0.1) is 13.2 Å². The Bertz CT molecular complexity index is 382. The van der Waals surface area contributed by atoms with E-state index < -0.39 is 0 Å². The van der Waals surface area contributed by atoms with Crippen LogP contribution in [0.5, 0.6) is 5.75 Å². The maximum Gasteiger partial charge on any atom is 0.127 e. The zero-order valence-electron chi connectivity index (χ0n) is 9.29. The molecule has 88 valence electrons. The fourth-order valence-electron chi connectivity index (χ4n) is 1.83. The van der Waals surface area contributed by atoms with Gasteiger partial charge in [0, 0.05) is 29.0 Å². The van der Waals surface area contributed by atoms with E-state index in [1.165, 1.54) is 5.56 Å². The summed E-state index contributed by atoms with van der Waals surface area (Å²) in [4.78, 5) is 0. The number of aliphatic hydroxyl groups is 1. The summed E-state index contributed by atoms with van der Waals surface area (Å²) >= 11 is 3.51. The largest absolute Gasteiger partial charge is 0.493 e. The zero-order valence-corrected chi connectivity index (χ0v) is 10.9. The van der Waals surface area contributed by atoms with E-state index in [2.05, 4.69) is 33.4 Å². The van der Waals surface area contributed by atoms with Gasteiger partial charge in [0.25, 0.3) is 0 Å². The van der Waals surface area contributed by atoms with Gasteiger partial charge in [-0.3, -0.25) is 0 Å². The highest BCUT2D eigenvalue weighted by molar-refractivity contribution is 9.10. The maximum absolute atomic E-state index is 8.96. The molecule has 0 spiro atoms. The van der Waals surface area contributed by atoms with Crippen LogP contribution in [0.25, 0.3) is 0 Å². The number of fused-ring (bicyclic) bond motifs is 1. The molecule has 0 radical (unpaired) electrons. The molecule has 2 N–H and O–H groups in total. The number of ether oxygens (including phenoxy) is 1. The zero-order chi connectivity index (χ0) is 11.5. The molecule has 1 aliphatic rings. The molecule has 4 heteroatoms. The van der Waals surface area contributed by atoms with Gasteiger partial charge in [0.1, 0.15) is 5.75 Å². The first-order chi connectivity index (χ1) is 7.70. The summed E-state index contributed by atoms with van der Waals surface area (Å²) in [6, 6.07) is 4.29. The minimum absolute atomic E-state index is 0.107. The smallest absolute Gasteiger partial charge is 0.127 e. The van der Waals surface area contributed by atoms with E-state index in [0.29, 0.717) is 0 Å². The highest BCUT2D eigenvalue weighted by Gasteiger charge is 2.17. The van der Waals surface area contributed by atoms with Crippen LogP contribution in [0.4, 0.5) is 0 Å². The number of rotatable bonds is 4. The molecule has 1 unspecified atom stereocenters. The van der Waals surface area contributed by atoms with Gasteiger partial charge in [-0.2, -0.15) is 0 Å². The van der Waals surface area contributed by atoms with Crippen molar-refractivity contribution in [2.45, 2.75) is 25.9 Å². The Kier molecular flexibility index (Phi) is 3.84. The van der Waals surface area contributed by atoms with Crippen LogP contribution in [-0.4, -0.2) is 24.4 Å². The highest BCUT2D eigenvalue weighted by Crippen LogP contribution is 2.32. The van der Waals surface area contributed by atoms with Crippen LogP contribution in [0.15, 0.2) is 16.6 Å². The molecular weight excluding hydrogens is 270 g/mol. The van der Waals surface area contributed by atoms with Gasteiger partial charge in [-0.25, -0.2) is 0 Å². The first kappa shape index (κ1) is 11.9. The fraction of sp³-hybridized carbons (Fsp3) is 0.500. The molecule has 0 aliphatic carbocycles. The number of halogens is 1. The van der Waals surface area contributed by atoms with Crippen LogP contribution in [0.1, 0.15) is 18.1 Å². The van der Waals surface area contributed by atoms with Crippen LogP contribution in [0, 0.1) is 0 Å². The molecule has 0 fully saturated rings. The Balaban J connectivity index is 2.14. The molecule has 0 bridgehead atoms. The van der Waals surface area contributed by atoms with Crippen molar-refractivity contribution in [2.75, 3.05) is 13.2 Å². The Hall–Kier alpha value is -0.580. The third-order valence-corrected chi connectivity index (χ3v) is 3.20. The molecule has 1 heterocycles. The van der Waals surface area contributed by atoms with Crippen LogP contribution < -0.4 is 10.1 Å². The van der Waals surface area contributed by atoms with Crippen molar-refractivity contribution >= 4 is 15.9 Å². The van der Waals surface area contributed by atoms with Crippen LogP contribution in [0.3, 0.4) is 0 Å². The second-order valence-corrected chi connectivity index (χ2v) is 5.03. The van der Waals surface area contributed by atoms with Crippen LogP contribution in [-0.2, 0) is 13.0 Å². The van der Waals surface area contributed by atoms with Crippen molar-refractivity contribution in [3.8, 4) is 5.75 Å². The van der Waals surface area contributed by atoms with Crippen molar-refractivity contribution in [3.05, 3.63) is 27.7 Å². The van der Waals surface area contributed by atoms with Gasteiger partial charge in [-0.1, -0.05) is 15.9 Å². The summed E-state index contributed by atoms with van der Waals surface area (Å²) < 4.78 is 6.72. The number of benzene rings is 1. The number of aliphatic hydroxyl groups excluding tert-OH is 1. The molecule has 3 nitrogen and oxygen atoms in total. The highest BCUT2D eigenvalue weighted by atomic mass is 79.9. The Morgan fingerprint density at radius 3 is 3.12 bits per heavy atom. The Morgan fingerprint density at radius 1 is 1.56 bits per heavy atom. The molecule has 1 aromatic rings. The normalized spacial score (nSPS) is 15.7. The van der Waals surface area contributed by atoms with Crippen molar-refractivity contribution in [1.82, 2.24) is 5.32 Å². The lowest BCUT2D eigenvalue weighted by atomic mass is 10.1. The summed E-state index contributed by atoms with van der Waals surface area (Å²) in [5.74, 6) is 1.01. The van der Waals surface area contributed by atoms with Gasteiger partial charge < -0.3 is 15.2 Å². The van der Waals surface area contributed by atoms with E-state index in [4.69, 9.17) is 9.84 Å². The fourth-order valence-corrected chi connectivity index (χ4v) is 2.38. The number of hydrogen-bond donors (Lipinski definition) is 2. The van der Waals surface area contributed by atoms with Gasteiger partial charge in [-0.15, -0.1) is 0 Å². The van der Waals surface area contributed by atoms with E-state index >= 15 is 0 Å². The van der Waals surface area contributed by atoms with Gasteiger partial charge in [0.15, 0.2) is 0 Å². The molecule has 0 saturated carbocycles. The van der Waals surface area contributed by atoms with E-state index in [1.54, 1.807) is 0 Å². The summed E-state index contributed by atoms with van der Waals surface area (Å²) in [6.07, 6.45) is 0.983. The van der Waals surface area contributed by atoms with Crippen molar-refractivity contribution < 1.29 is 9.84 Å². The second-order valence-electron chi connectivity index (χ2n) is 4.12. The lowest BCUT2D eigenvalue weighted by Gasteiger charge is -2.13. The lowest BCUT2D eigenvalue weighted by molar-refractivity contribution is 0.250. The molecule has 2 rings (SSSR count). The van der Waals surface area contributed by atoms with Crippen LogP contribution in [0.2, 0.25) is 0 Å². The lowest BCUT2D eigenvalue weighted by Crippen LogP contribution is -2.28. The predicted octanol–water partition coefficient (Wildman–Crippen LogP) is 1.85. The quantitative estimate of drug-likeness (QED) is 0.887. The average Bonchev–Trinajstić information content (AvgIpc) is 2.73. The van der Waals surface area contributed by atoms with Crippen LogP contribution >= 0.6 is 15.9 Å². The predicted molar refractivity (Wildman–Crippen MR) is 66.7 cm³/mol. The first-order valence-corrected chi connectivity index (χ1v) is 6.28. The van der Waals surface area contributed by atoms with Gasteiger partial charge in [-0.05, 0) is 24.6 Å². The standard InChI is InChI=1S/C12H16BrNO2/c1-8(7-15)14-6-10-5-11(13)4-9-2-3-16-12(9)10/h4-5,8,14-15H,2-3,6-7H2,1H3. The van der Waals surface area contributed by atoms with E-state index in [0.717, 1.165) is 35.4 Å². The van der Waals surface area contributed by atoms with Crippen molar-refractivity contribution in [3.63, 3.8) is 0 Å². The topological polar surface area (TPSA) is 41.5 Å². The minimum atomic E-state index is 0.107. The third-order valence-electron chi connectivity index (χ3n) is 2.74. The van der Waals surface area contributed by atoms with E-state index in [1.807, 2.05) is 6.92 Å². The van der Waals surface area contributed by atoms with Gasteiger partial charge in [0.2, 0.25) is 0 Å². The molecular formula is C12H16BrNO2. The first-order valence-electron chi connectivity index (χ1n) is 5.49. The molecule has 0 aromatic heterocycles. The summed E-state index contributed by atoms with van der Waals surface area (Å²) in [7, 11) is 0. The third kappa shape index (κ3) is 2.56. The van der Waals surface area contributed by atoms with Crippen molar-refractivity contribution in [1.29, 1.82) is 0 Å². The number of hydrogen-bond acceptors (Lipinski definition) is 3. The maximum atomic E-state index is 8.96. The van der Waals surface area contributed by atoms with E-state index in [9.17, 15) is 0 Å². The second kappa shape index (κ2) is 5.17. The average molecular weight is 286 g/mol. The molecule has 0 saturated heterocycles. The molecule has 1 atom stereocenters. The Labute approximate surface area is 104 Å². The number of nitrogens with one attached hydrogen (secondary N) is 1.